The van der Waals surface area contributed by atoms with Crippen LogP contribution in [0.15, 0.2) is 4.99 Å². The van der Waals surface area contributed by atoms with Crippen LogP contribution in [-0.2, 0) is 4.74 Å². The van der Waals surface area contributed by atoms with E-state index in [0.717, 1.165) is 19.0 Å². The minimum atomic E-state index is -0.487. The number of carbonyl (C=O) groups is 1. The van der Waals surface area contributed by atoms with E-state index >= 15 is 0 Å². The Morgan fingerprint density at radius 1 is 1.36 bits per heavy atom. The van der Waals surface area contributed by atoms with E-state index in [4.69, 9.17) is 4.74 Å². The second kappa shape index (κ2) is 11.1. The quantitative estimate of drug-likeness (QED) is 0.377. The van der Waals surface area contributed by atoms with E-state index in [2.05, 4.69) is 41.3 Å². The number of rotatable bonds is 4. The van der Waals surface area contributed by atoms with Gasteiger partial charge in [0.05, 0.1) is 6.04 Å². The number of nitrogens with one attached hydrogen (secondary N) is 2. The molecule has 1 heterocycles. The minimum Gasteiger partial charge on any atom is -0.444 e. The van der Waals surface area contributed by atoms with E-state index in [1.807, 2.05) is 27.8 Å². The summed E-state index contributed by atoms with van der Waals surface area (Å²) in [5, 5.41) is 6.38. The summed E-state index contributed by atoms with van der Waals surface area (Å²) in [7, 11) is 1.81. The number of halogens is 1. The SMILES string of the molecule is CN=C(NCC(NC(=O)OC(C)(C)C)C(C)C)N1CCCC(C)C1.I. The number of ether oxygens (including phenoxy) is 1. The first-order valence-corrected chi connectivity index (χ1v) is 9.07. The van der Waals surface area contributed by atoms with Gasteiger partial charge in [0, 0.05) is 26.7 Å². The van der Waals surface area contributed by atoms with Gasteiger partial charge >= 0.3 is 6.09 Å². The van der Waals surface area contributed by atoms with Gasteiger partial charge in [-0.15, -0.1) is 24.0 Å². The number of guanidine groups is 1. The predicted octanol–water partition coefficient (Wildman–Crippen LogP) is 3.46. The molecule has 0 aromatic rings. The summed E-state index contributed by atoms with van der Waals surface area (Å²) >= 11 is 0. The Morgan fingerprint density at radius 2 is 2.00 bits per heavy atom. The van der Waals surface area contributed by atoms with Gasteiger partial charge < -0.3 is 20.3 Å². The third-order valence-electron chi connectivity index (χ3n) is 4.16. The highest BCUT2D eigenvalue weighted by Gasteiger charge is 2.23. The maximum Gasteiger partial charge on any atom is 0.407 e. The number of nitrogens with zero attached hydrogens (tertiary/aromatic N) is 2. The van der Waals surface area contributed by atoms with Crippen molar-refractivity contribution >= 4 is 36.0 Å². The monoisotopic (exact) mass is 468 g/mol. The topological polar surface area (TPSA) is 66.0 Å². The molecule has 2 unspecified atom stereocenters. The fourth-order valence-corrected chi connectivity index (χ4v) is 2.83. The van der Waals surface area contributed by atoms with E-state index in [1.54, 1.807) is 0 Å². The van der Waals surface area contributed by atoms with Gasteiger partial charge in [-0.2, -0.15) is 0 Å². The Labute approximate surface area is 170 Å². The van der Waals surface area contributed by atoms with Gasteiger partial charge in [-0.1, -0.05) is 20.8 Å². The maximum atomic E-state index is 12.0. The highest BCUT2D eigenvalue weighted by molar-refractivity contribution is 14.0. The molecule has 25 heavy (non-hydrogen) atoms. The molecule has 1 aliphatic heterocycles. The van der Waals surface area contributed by atoms with Crippen molar-refractivity contribution in [2.45, 2.75) is 66.0 Å². The molecule has 0 spiro atoms. The summed E-state index contributed by atoms with van der Waals surface area (Å²) in [6, 6.07) is -0.0150. The van der Waals surface area contributed by atoms with E-state index < -0.39 is 5.60 Å². The molecule has 0 aliphatic carbocycles. The molecule has 7 heteroatoms. The van der Waals surface area contributed by atoms with Crippen molar-refractivity contribution in [3.8, 4) is 0 Å². The van der Waals surface area contributed by atoms with Crippen molar-refractivity contribution in [3.63, 3.8) is 0 Å². The molecule has 0 aromatic heterocycles. The van der Waals surface area contributed by atoms with Crippen molar-refractivity contribution in [2.24, 2.45) is 16.8 Å². The van der Waals surface area contributed by atoms with E-state index in [1.165, 1.54) is 12.8 Å². The van der Waals surface area contributed by atoms with Crippen molar-refractivity contribution in [2.75, 3.05) is 26.7 Å². The molecule has 2 atom stereocenters. The Morgan fingerprint density at radius 3 is 2.48 bits per heavy atom. The first-order valence-electron chi connectivity index (χ1n) is 9.07. The predicted molar refractivity (Wildman–Crippen MR) is 115 cm³/mol. The van der Waals surface area contributed by atoms with Gasteiger partial charge in [-0.25, -0.2) is 4.79 Å². The third kappa shape index (κ3) is 9.51. The number of likely N-dealkylation sites (tertiary alicyclic amines) is 1. The van der Waals surface area contributed by atoms with Crippen molar-refractivity contribution in [3.05, 3.63) is 0 Å². The fourth-order valence-electron chi connectivity index (χ4n) is 2.83. The first-order chi connectivity index (χ1) is 11.1. The molecule has 1 rings (SSSR count). The maximum absolute atomic E-state index is 12.0. The van der Waals surface area contributed by atoms with Gasteiger partial charge in [0.25, 0.3) is 0 Å². The molecule has 0 bridgehead atoms. The summed E-state index contributed by atoms with van der Waals surface area (Å²) in [5.41, 5.74) is -0.487. The molecular weight excluding hydrogens is 431 g/mol. The molecule has 1 aliphatic rings. The van der Waals surface area contributed by atoms with Crippen LogP contribution >= 0.6 is 24.0 Å². The lowest BCUT2D eigenvalue weighted by atomic mass is 10.0. The fraction of sp³-hybridized carbons (Fsp3) is 0.889. The summed E-state index contributed by atoms with van der Waals surface area (Å²) in [4.78, 5) is 18.7. The lowest BCUT2D eigenvalue weighted by Crippen LogP contribution is -2.52. The lowest BCUT2D eigenvalue weighted by Gasteiger charge is -2.34. The van der Waals surface area contributed by atoms with Crippen LogP contribution in [0.25, 0.3) is 0 Å². The largest absolute Gasteiger partial charge is 0.444 e. The Kier molecular flexibility index (Phi) is 10.8. The Bertz CT molecular complexity index is 435. The summed E-state index contributed by atoms with van der Waals surface area (Å²) in [6.07, 6.45) is 2.11. The van der Waals surface area contributed by atoms with Gasteiger partial charge in [0.2, 0.25) is 0 Å². The molecular formula is C18H37IN4O2. The molecule has 0 radical (unpaired) electrons. The number of amides is 1. The Balaban J connectivity index is 0.00000576. The molecule has 2 N–H and O–H groups in total. The van der Waals surface area contributed by atoms with Crippen LogP contribution < -0.4 is 10.6 Å². The van der Waals surface area contributed by atoms with Gasteiger partial charge in [-0.3, -0.25) is 4.99 Å². The average molecular weight is 468 g/mol. The van der Waals surface area contributed by atoms with Crippen LogP contribution in [0.3, 0.4) is 0 Å². The van der Waals surface area contributed by atoms with Gasteiger partial charge in [0.15, 0.2) is 5.96 Å². The number of hydrogen-bond donors (Lipinski definition) is 2. The normalized spacial score (nSPS) is 19.9. The number of carbonyl (C=O) groups excluding carboxylic acids is 1. The molecule has 0 aromatic carbocycles. The molecule has 148 valence electrons. The van der Waals surface area contributed by atoms with Crippen LogP contribution in [0.2, 0.25) is 0 Å². The standard InChI is InChI=1S/C18H36N4O2.HI/c1-13(2)15(21-17(23)24-18(4,5)6)11-20-16(19-7)22-10-8-9-14(3)12-22;/h13-15H,8-12H2,1-7H3,(H,19,20)(H,21,23);1H. The highest BCUT2D eigenvalue weighted by atomic mass is 127. The van der Waals surface area contributed by atoms with Crippen molar-refractivity contribution in [1.82, 2.24) is 15.5 Å². The zero-order valence-electron chi connectivity index (χ0n) is 16.9. The van der Waals surface area contributed by atoms with Crippen LogP contribution in [0.4, 0.5) is 4.79 Å². The first kappa shape index (κ1) is 24.3. The summed E-state index contributed by atoms with van der Waals surface area (Å²) < 4.78 is 5.36. The van der Waals surface area contributed by atoms with E-state index in [9.17, 15) is 4.79 Å². The second-order valence-electron chi connectivity index (χ2n) is 8.12. The number of piperidine rings is 1. The van der Waals surface area contributed by atoms with Crippen molar-refractivity contribution in [1.29, 1.82) is 0 Å². The van der Waals surface area contributed by atoms with E-state index in [-0.39, 0.29) is 36.1 Å². The van der Waals surface area contributed by atoms with Crippen LogP contribution in [0.1, 0.15) is 54.4 Å². The lowest BCUT2D eigenvalue weighted by molar-refractivity contribution is 0.0491. The molecule has 1 fully saturated rings. The second-order valence-corrected chi connectivity index (χ2v) is 8.12. The zero-order valence-corrected chi connectivity index (χ0v) is 19.2. The Hall–Kier alpha value is -0.730. The third-order valence-corrected chi connectivity index (χ3v) is 4.16. The molecule has 6 nitrogen and oxygen atoms in total. The number of alkyl carbamates (subject to hydrolysis) is 1. The number of hydrogen-bond acceptors (Lipinski definition) is 3. The van der Waals surface area contributed by atoms with Gasteiger partial charge in [0.1, 0.15) is 5.60 Å². The van der Waals surface area contributed by atoms with Crippen LogP contribution in [-0.4, -0.2) is 55.3 Å². The van der Waals surface area contributed by atoms with E-state index in [0.29, 0.717) is 18.4 Å². The molecule has 0 saturated carbocycles. The van der Waals surface area contributed by atoms with Crippen LogP contribution in [0.5, 0.6) is 0 Å². The smallest absolute Gasteiger partial charge is 0.407 e. The summed E-state index contributed by atoms with van der Waals surface area (Å²) in [5.74, 6) is 1.90. The average Bonchev–Trinajstić information content (AvgIpc) is 2.44. The molecule has 1 amide bonds. The minimum absolute atomic E-state index is 0. The van der Waals surface area contributed by atoms with Gasteiger partial charge in [-0.05, 0) is 45.4 Å². The number of aliphatic imine (C=N–C) groups is 1. The van der Waals surface area contributed by atoms with Crippen LogP contribution in [0, 0.1) is 11.8 Å². The van der Waals surface area contributed by atoms with Crippen molar-refractivity contribution < 1.29 is 9.53 Å². The summed E-state index contributed by atoms with van der Waals surface area (Å²) in [6.45, 7) is 14.8. The molecule has 1 saturated heterocycles. The highest BCUT2D eigenvalue weighted by Crippen LogP contribution is 2.15. The zero-order chi connectivity index (χ0) is 18.3.